The van der Waals surface area contributed by atoms with Crippen molar-refractivity contribution in [1.29, 1.82) is 0 Å². The van der Waals surface area contributed by atoms with Crippen molar-refractivity contribution in [3.8, 4) is 22.8 Å². The van der Waals surface area contributed by atoms with E-state index in [9.17, 15) is 4.79 Å². The molecule has 3 atom stereocenters. The minimum Gasteiger partial charge on any atom is -0.494 e. The third-order valence-corrected chi connectivity index (χ3v) is 8.09. The minimum absolute atomic E-state index is 0.00808. The number of hydrogen-bond acceptors (Lipinski definition) is 4. The molecule has 0 unspecified atom stereocenters. The van der Waals surface area contributed by atoms with Gasteiger partial charge in [-0.15, -0.1) is 0 Å². The molecule has 1 aliphatic heterocycles. The van der Waals surface area contributed by atoms with Crippen LogP contribution in [-0.2, 0) is 13.5 Å². The molecule has 1 aliphatic rings. The monoisotopic (exact) mass is 499 g/mol. The minimum atomic E-state index is -0.0216. The molecular formula is C30H37N5O2. The SMILES string of the molecule is CCc1c(-c2nc3cc(C(=O)N4C[C@@H](CC)[C@@H](N)[C@H]4C)cc(OC)c3n2C)cc(C)n1-c1ccccc1. The maximum absolute atomic E-state index is 13.6. The average Bonchev–Trinajstić information content (AvgIpc) is 3.53. The fraction of sp³-hybridized carbons (Fsp3) is 0.400. The highest BCUT2D eigenvalue weighted by atomic mass is 16.5. The summed E-state index contributed by atoms with van der Waals surface area (Å²) >= 11 is 0. The van der Waals surface area contributed by atoms with Crippen LogP contribution in [0.1, 0.15) is 48.9 Å². The molecule has 0 spiro atoms. The van der Waals surface area contributed by atoms with Crippen LogP contribution in [0.5, 0.6) is 5.75 Å². The van der Waals surface area contributed by atoms with Crippen LogP contribution in [0.3, 0.4) is 0 Å². The number of benzene rings is 2. The molecule has 7 nitrogen and oxygen atoms in total. The molecular weight excluding hydrogens is 462 g/mol. The van der Waals surface area contributed by atoms with Crippen molar-refractivity contribution in [3.63, 3.8) is 0 Å². The van der Waals surface area contributed by atoms with Crippen molar-refractivity contribution in [1.82, 2.24) is 19.0 Å². The van der Waals surface area contributed by atoms with Crippen molar-refractivity contribution in [2.24, 2.45) is 18.7 Å². The molecule has 4 aromatic rings. The molecule has 0 saturated carbocycles. The van der Waals surface area contributed by atoms with E-state index in [0.717, 1.165) is 46.6 Å². The molecule has 1 saturated heterocycles. The zero-order valence-electron chi connectivity index (χ0n) is 22.7. The van der Waals surface area contributed by atoms with Gasteiger partial charge in [0.15, 0.2) is 0 Å². The Hall–Kier alpha value is -3.58. The number of rotatable bonds is 6. The highest BCUT2D eigenvalue weighted by molar-refractivity contribution is 6.00. The number of carbonyl (C=O) groups is 1. The van der Waals surface area contributed by atoms with E-state index in [-0.39, 0.29) is 18.0 Å². The van der Waals surface area contributed by atoms with E-state index in [4.69, 9.17) is 15.5 Å². The number of amides is 1. The Kier molecular flexibility index (Phi) is 6.58. The fourth-order valence-corrected chi connectivity index (χ4v) is 5.98. The molecule has 5 rings (SSSR count). The van der Waals surface area contributed by atoms with Crippen LogP contribution in [0.2, 0.25) is 0 Å². The molecule has 7 heteroatoms. The number of ether oxygens (including phenoxy) is 1. The molecule has 37 heavy (non-hydrogen) atoms. The van der Waals surface area contributed by atoms with Gasteiger partial charge in [-0.05, 0) is 56.5 Å². The number of aromatic nitrogens is 3. The van der Waals surface area contributed by atoms with E-state index in [1.807, 2.05) is 37.1 Å². The molecule has 0 aliphatic carbocycles. The van der Waals surface area contributed by atoms with E-state index >= 15 is 0 Å². The number of imidazole rings is 1. The van der Waals surface area contributed by atoms with Crippen LogP contribution >= 0.6 is 0 Å². The van der Waals surface area contributed by atoms with E-state index < -0.39 is 0 Å². The van der Waals surface area contributed by atoms with E-state index in [0.29, 0.717) is 23.8 Å². The first kappa shape index (κ1) is 25.1. The van der Waals surface area contributed by atoms with Crippen molar-refractivity contribution >= 4 is 16.9 Å². The summed E-state index contributed by atoms with van der Waals surface area (Å²) < 4.78 is 10.2. The second-order valence-electron chi connectivity index (χ2n) is 10.2. The smallest absolute Gasteiger partial charge is 0.254 e. The predicted octanol–water partition coefficient (Wildman–Crippen LogP) is 5.11. The van der Waals surface area contributed by atoms with Crippen molar-refractivity contribution in [2.45, 2.75) is 52.6 Å². The third-order valence-electron chi connectivity index (χ3n) is 8.09. The van der Waals surface area contributed by atoms with Gasteiger partial charge in [0.05, 0.1) is 12.6 Å². The summed E-state index contributed by atoms with van der Waals surface area (Å²) in [6, 6.07) is 16.3. The fourth-order valence-electron chi connectivity index (χ4n) is 5.98. The van der Waals surface area contributed by atoms with Gasteiger partial charge < -0.3 is 24.5 Å². The Labute approximate surface area is 218 Å². The molecule has 2 aromatic carbocycles. The molecule has 0 bridgehead atoms. The third kappa shape index (κ3) is 4.02. The molecule has 0 radical (unpaired) electrons. The quantitative estimate of drug-likeness (QED) is 0.400. The summed E-state index contributed by atoms with van der Waals surface area (Å²) in [6.07, 6.45) is 1.82. The predicted molar refractivity (Wildman–Crippen MR) is 148 cm³/mol. The largest absolute Gasteiger partial charge is 0.494 e. The Balaban J connectivity index is 1.62. The van der Waals surface area contributed by atoms with Crippen LogP contribution in [-0.4, -0.2) is 50.7 Å². The normalized spacial score (nSPS) is 19.6. The maximum Gasteiger partial charge on any atom is 0.254 e. The first-order valence-corrected chi connectivity index (χ1v) is 13.2. The number of aryl methyl sites for hydroxylation is 2. The first-order valence-electron chi connectivity index (χ1n) is 13.2. The zero-order chi connectivity index (χ0) is 26.4. The number of hydrogen-bond donors (Lipinski definition) is 1. The zero-order valence-corrected chi connectivity index (χ0v) is 22.7. The molecule has 2 aromatic heterocycles. The van der Waals surface area contributed by atoms with Crippen LogP contribution in [0.4, 0.5) is 0 Å². The Morgan fingerprint density at radius 2 is 1.89 bits per heavy atom. The van der Waals surface area contributed by atoms with Gasteiger partial charge in [-0.3, -0.25) is 4.79 Å². The van der Waals surface area contributed by atoms with Crippen LogP contribution < -0.4 is 10.5 Å². The van der Waals surface area contributed by atoms with Gasteiger partial charge in [0, 0.05) is 53.9 Å². The van der Waals surface area contributed by atoms with Gasteiger partial charge in [-0.25, -0.2) is 4.98 Å². The van der Waals surface area contributed by atoms with Gasteiger partial charge in [-0.2, -0.15) is 0 Å². The highest BCUT2D eigenvalue weighted by Gasteiger charge is 2.38. The molecule has 194 valence electrons. The van der Waals surface area contributed by atoms with Gasteiger partial charge >= 0.3 is 0 Å². The summed E-state index contributed by atoms with van der Waals surface area (Å²) in [5, 5.41) is 0. The number of carbonyl (C=O) groups excluding carboxylic acids is 1. The van der Waals surface area contributed by atoms with Crippen molar-refractivity contribution in [2.75, 3.05) is 13.7 Å². The second kappa shape index (κ2) is 9.71. The molecule has 3 heterocycles. The Morgan fingerprint density at radius 1 is 1.16 bits per heavy atom. The Morgan fingerprint density at radius 3 is 2.51 bits per heavy atom. The summed E-state index contributed by atoms with van der Waals surface area (Å²) in [5.41, 5.74) is 13.2. The van der Waals surface area contributed by atoms with Crippen LogP contribution in [0, 0.1) is 12.8 Å². The second-order valence-corrected chi connectivity index (χ2v) is 10.2. The highest BCUT2D eigenvalue weighted by Crippen LogP contribution is 2.36. The standard InChI is InChI=1S/C30H37N5O2/c1-7-20-17-34(19(4)27(20)31)30(36)21-15-24-28(26(16-21)37-6)33(5)29(32-24)23-14-18(3)35(25(23)8-2)22-12-10-9-11-13-22/h9-16,19-20,27H,7-8,17,31H2,1-6H3/t19-,20-,27+/m1/s1. The number of methoxy groups -OCH3 is 1. The number of nitrogens with two attached hydrogens (primary N) is 1. The van der Waals surface area contributed by atoms with E-state index in [2.05, 4.69) is 60.2 Å². The van der Waals surface area contributed by atoms with Crippen molar-refractivity contribution < 1.29 is 9.53 Å². The summed E-state index contributed by atoms with van der Waals surface area (Å²) in [7, 11) is 3.65. The lowest BCUT2D eigenvalue weighted by Crippen LogP contribution is -2.41. The van der Waals surface area contributed by atoms with E-state index in [1.165, 1.54) is 5.69 Å². The van der Waals surface area contributed by atoms with Gasteiger partial charge in [0.2, 0.25) is 0 Å². The van der Waals surface area contributed by atoms with Crippen LogP contribution in [0.15, 0.2) is 48.5 Å². The lowest BCUT2D eigenvalue weighted by atomic mass is 9.98. The number of likely N-dealkylation sites (tertiary alicyclic amines) is 1. The summed E-state index contributed by atoms with van der Waals surface area (Å²) in [6.45, 7) is 9.15. The van der Waals surface area contributed by atoms with Gasteiger partial charge in [0.25, 0.3) is 5.91 Å². The van der Waals surface area contributed by atoms with Crippen LogP contribution in [0.25, 0.3) is 28.1 Å². The topological polar surface area (TPSA) is 78.3 Å². The maximum atomic E-state index is 13.6. The number of para-hydroxylation sites is 1. The number of nitrogens with zero attached hydrogens (tertiary/aromatic N) is 4. The summed E-state index contributed by atoms with van der Waals surface area (Å²) in [5.74, 6) is 1.79. The van der Waals surface area contributed by atoms with Crippen molar-refractivity contribution in [3.05, 3.63) is 65.5 Å². The average molecular weight is 500 g/mol. The van der Waals surface area contributed by atoms with E-state index in [1.54, 1.807) is 7.11 Å². The van der Waals surface area contributed by atoms with Gasteiger partial charge in [-0.1, -0.05) is 38.5 Å². The number of fused-ring (bicyclic) bond motifs is 1. The first-order chi connectivity index (χ1) is 17.8. The lowest BCUT2D eigenvalue weighted by Gasteiger charge is -2.23. The molecule has 2 N–H and O–H groups in total. The lowest BCUT2D eigenvalue weighted by molar-refractivity contribution is 0.0739. The molecule has 1 fully saturated rings. The van der Waals surface area contributed by atoms with Gasteiger partial charge in [0.1, 0.15) is 17.1 Å². The molecule has 1 amide bonds. The Bertz CT molecular complexity index is 1450. The summed E-state index contributed by atoms with van der Waals surface area (Å²) in [4.78, 5) is 20.6.